The molecule has 78 valence electrons. The SMILES string of the molecule is CCCN(OCC)c1ccc(F)cc1. The molecule has 0 unspecified atom stereocenters. The number of anilines is 1. The maximum atomic E-state index is 12.7. The van der Waals surface area contributed by atoms with Crippen LogP contribution in [0.5, 0.6) is 0 Å². The molecule has 1 aromatic carbocycles. The van der Waals surface area contributed by atoms with Crippen LogP contribution in [0.15, 0.2) is 24.3 Å². The molecule has 0 bridgehead atoms. The van der Waals surface area contributed by atoms with Crippen LogP contribution in [0.3, 0.4) is 0 Å². The minimum absolute atomic E-state index is 0.221. The summed E-state index contributed by atoms with van der Waals surface area (Å²) < 4.78 is 12.7. The van der Waals surface area contributed by atoms with Gasteiger partial charge >= 0.3 is 0 Å². The van der Waals surface area contributed by atoms with E-state index in [1.165, 1.54) is 12.1 Å². The Hall–Kier alpha value is -1.09. The molecule has 0 atom stereocenters. The lowest BCUT2D eigenvalue weighted by molar-refractivity contribution is 0.120. The van der Waals surface area contributed by atoms with E-state index in [-0.39, 0.29) is 5.82 Å². The standard InChI is InChI=1S/C11H16FNO/c1-3-9-13(14-4-2)11-7-5-10(12)6-8-11/h5-8H,3-4,9H2,1-2H3. The highest BCUT2D eigenvalue weighted by Crippen LogP contribution is 2.15. The van der Waals surface area contributed by atoms with Crippen molar-refractivity contribution < 1.29 is 9.23 Å². The zero-order valence-corrected chi connectivity index (χ0v) is 8.66. The molecule has 0 amide bonds. The molecule has 0 fully saturated rings. The number of halogens is 1. The van der Waals surface area contributed by atoms with Crippen LogP contribution in [-0.2, 0) is 4.84 Å². The van der Waals surface area contributed by atoms with Gasteiger partial charge in [-0.05, 0) is 37.6 Å². The predicted molar refractivity (Wildman–Crippen MR) is 55.7 cm³/mol. The van der Waals surface area contributed by atoms with Crippen molar-refractivity contribution in [3.05, 3.63) is 30.1 Å². The monoisotopic (exact) mass is 197 g/mol. The fraction of sp³-hybridized carbons (Fsp3) is 0.455. The minimum atomic E-state index is -0.221. The molecule has 0 aliphatic rings. The third-order valence-corrected chi connectivity index (χ3v) is 1.83. The second kappa shape index (κ2) is 5.60. The van der Waals surface area contributed by atoms with E-state index in [0.717, 1.165) is 18.7 Å². The molecule has 14 heavy (non-hydrogen) atoms. The highest BCUT2D eigenvalue weighted by molar-refractivity contribution is 5.43. The van der Waals surface area contributed by atoms with E-state index in [2.05, 4.69) is 6.92 Å². The molecule has 0 saturated heterocycles. The molecule has 0 heterocycles. The number of benzene rings is 1. The predicted octanol–water partition coefficient (Wildman–Crippen LogP) is 2.99. The topological polar surface area (TPSA) is 12.5 Å². The van der Waals surface area contributed by atoms with E-state index in [1.54, 1.807) is 17.2 Å². The number of nitrogens with zero attached hydrogens (tertiary/aromatic N) is 1. The second-order valence-corrected chi connectivity index (χ2v) is 3.00. The zero-order chi connectivity index (χ0) is 10.4. The van der Waals surface area contributed by atoms with E-state index < -0.39 is 0 Å². The van der Waals surface area contributed by atoms with E-state index in [0.29, 0.717) is 6.61 Å². The smallest absolute Gasteiger partial charge is 0.123 e. The van der Waals surface area contributed by atoms with Gasteiger partial charge in [0.15, 0.2) is 0 Å². The number of hydrogen-bond donors (Lipinski definition) is 0. The molecule has 1 aromatic rings. The van der Waals surface area contributed by atoms with E-state index >= 15 is 0 Å². The van der Waals surface area contributed by atoms with Gasteiger partial charge in [0, 0.05) is 6.54 Å². The first-order valence-electron chi connectivity index (χ1n) is 4.94. The fourth-order valence-corrected chi connectivity index (χ4v) is 1.23. The fourth-order valence-electron chi connectivity index (χ4n) is 1.23. The maximum absolute atomic E-state index is 12.7. The normalized spacial score (nSPS) is 10.2. The molecular formula is C11H16FNO. The Morgan fingerprint density at radius 2 is 1.86 bits per heavy atom. The van der Waals surface area contributed by atoms with E-state index in [9.17, 15) is 4.39 Å². The first-order chi connectivity index (χ1) is 6.77. The average Bonchev–Trinajstić information content (AvgIpc) is 2.19. The maximum Gasteiger partial charge on any atom is 0.123 e. The van der Waals surface area contributed by atoms with Crippen LogP contribution in [0.1, 0.15) is 20.3 Å². The Labute approximate surface area is 84.2 Å². The van der Waals surface area contributed by atoms with E-state index in [4.69, 9.17) is 4.84 Å². The Bertz CT molecular complexity index is 254. The van der Waals surface area contributed by atoms with Gasteiger partial charge in [-0.3, -0.25) is 9.90 Å². The van der Waals surface area contributed by atoms with Gasteiger partial charge in [-0.2, -0.15) is 0 Å². The summed E-state index contributed by atoms with van der Waals surface area (Å²) >= 11 is 0. The van der Waals surface area contributed by atoms with Gasteiger partial charge in [-0.15, -0.1) is 0 Å². The molecule has 0 N–H and O–H groups in total. The highest BCUT2D eigenvalue weighted by Gasteiger charge is 2.04. The Balaban J connectivity index is 2.71. The summed E-state index contributed by atoms with van der Waals surface area (Å²) in [5, 5.41) is 1.79. The molecular weight excluding hydrogens is 181 g/mol. The van der Waals surface area contributed by atoms with Crippen molar-refractivity contribution in [1.29, 1.82) is 0 Å². The van der Waals surface area contributed by atoms with Gasteiger partial charge in [-0.1, -0.05) is 6.92 Å². The summed E-state index contributed by atoms with van der Waals surface area (Å²) in [5.74, 6) is -0.221. The lowest BCUT2D eigenvalue weighted by Gasteiger charge is -2.22. The number of rotatable bonds is 5. The first-order valence-corrected chi connectivity index (χ1v) is 4.94. The molecule has 0 aliphatic carbocycles. The van der Waals surface area contributed by atoms with Crippen LogP contribution in [0.25, 0.3) is 0 Å². The van der Waals surface area contributed by atoms with Crippen molar-refractivity contribution in [2.45, 2.75) is 20.3 Å². The number of hydrogen-bond acceptors (Lipinski definition) is 2. The third-order valence-electron chi connectivity index (χ3n) is 1.83. The Morgan fingerprint density at radius 3 is 2.36 bits per heavy atom. The molecule has 0 aliphatic heterocycles. The van der Waals surface area contributed by atoms with Crippen LogP contribution in [0, 0.1) is 5.82 Å². The Kier molecular flexibility index (Phi) is 4.40. The van der Waals surface area contributed by atoms with Crippen LogP contribution in [0.4, 0.5) is 10.1 Å². The van der Waals surface area contributed by atoms with Crippen LogP contribution < -0.4 is 5.06 Å². The van der Waals surface area contributed by atoms with Crippen molar-refractivity contribution in [3.8, 4) is 0 Å². The minimum Gasteiger partial charge on any atom is -0.274 e. The van der Waals surface area contributed by atoms with Crippen LogP contribution in [0.2, 0.25) is 0 Å². The lowest BCUT2D eigenvalue weighted by atomic mass is 10.3. The molecule has 2 nitrogen and oxygen atoms in total. The molecule has 0 saturated carbocycles. The van der Waals surface area contributed by atoms with Gasteiger partial charge < -0.3 is 0 Å². The number of hydroxylamine groups is 1. The van der Waals surface area contributed by atoms with Crippen molar-refractivity contribution in [2.75, 3.05) is 18.2 Å². The summed E-state index contributed by atoms with van der Waals surface area (Å²) in [7, 11) is 0. The summed E-state index contributed by atoms with van der Waals surface area (Å²) in [5.41, 5.74) is 0.898. The highest BCUT2D eigenvalue weighted by atomic mass is 19.1. The largest absolute Gasteiger partial charge is 0.274 e. The molecule has 1 rings (SSSR count). The summed E-state index contributed by atoms with van der Waals surface area (Å²) in [6.45, 7) is 5.46. The summed E-state index contributed by atoms with van der Waals surface area (Å²) in [6, 6.07) is 6.33. The molecule has 0 radical (unpaired) electrons. The second-order valence-electron chi connectivity index (χ2n) is 3.00. The van der Waals surface area contributed by atoms with E-state index in [1.807, 2.05) is 6.92 Å². The zero-order valence-electron chi connectivity index (χ0n) is 8.66. The van der Waals surface area contributed by atoms with Crippen molar-refractivity contribution >= 4 is 5.69 Å². The lowest BCUT2D eigenvalue weighted by Crippen LogP contribution is -2.24. The Morgan fingerprint density at radius 1 is 1.21 bits per heavy atom. The van der Waals surface area contributed by atoms with Crippen molar-refractivity contribution in [1.82, 2.24) is 0 Å². The van der Waals surface area contributed by atoms with Crippen LogP contribution >= 0.6 is 0 Å². The first kappa shape index (κ1) is 11.0. The third kappa shape index (κ3) is 3.00. The molecule has 0 spiro atoms. The molecule has 0 aromatic heterocycles. The van der Waals surface area contributed by atoms with Gasteiger partial charge in [0.2, 0.25) is 0 Å². The average molecular weight is 197 g/mol. The van der Waals surface area contributed by atoms with Gasteiger partial charge in [0.1, 0.15) is 5.82 Å². The quantitative estimate of drug-likeness (QED) is 0.673. The van der Waals surface area contributed by atoms with Crippen molar-refractivity contribution in [3.63, 3.8) is 0 Å². The summed E-state index contributed by atoms with van der Waals surface area (Å²) in [6.07, 6.45) is 0.997. The summed E-state index contributed by atoms with van der Waals surface area (Å²) in [4.78, 5) is 5.42. The van der Waals surface area contributed by atoms with Crippen LogP contribution in [-0.4, -0.2) is 13.2 Å². The van der Waals surface area contributed by atoms with Crippen molar-refractivity contribution in [2.24, 2.45) is 0 Å². The van der Waals surface area contributed by atoms with Gasteiger partial charge in [0.25, 0.3) is 0 Å². The van der Waals surface area contributed by atoms with Gasteiger partial charge in [0.05, 0.1) is 12.3 Å². The van der Waals surface area contributed by atoms with Gasteiger partial charge in [-0.25, -0.2) is 4.39 Å². The molecule has 3 heteroatoms.